The number of carbonyl (C=O) groups is 3. The maximum atomic E-state index is 12.9. The second-order valence-electron chi connectivity index (χ2n) is 24.9. The average Bonchev–Trinajstić information content (AvgIpc) is 3.45. The Labute approximate surface area is 494 Å². The Kier molecular flexibility index (Phi) is 67.0. The highest BCUT2D eigenvalue weighted by molar-refractivity contribution is 5.71. The van der Waals surface area contributed by atoms with Crippen molar-refractivity contribution in [2.45, 2.75) is 425 Å². The Morgan fingerprint density at radius 3 is 0.684 bits per heavy atom. The molecule has 1 unspecified atom stereocenters. The summed E-state index contributed by atoms with van der Waals surface area (Å²) < 4.78 is 17.0. The summed E-state index contributed by atoms with van der Waals surface area (Å²) in [7, 11) is 0. The van der Waals surface area contributed by atoms with Crippen molar-refractivity contribution in [2.24, 2.45) is 0 Å². The van der Waals surface area contributed by atoms with Gasteiger partial charge in [-0.05, 0) is 38.5 Å². The van der Waals surface area contributed by atoms with E-state index in [9.17, 15) is 14.4 Å². The second kappa shape index (κ2) is 68.6. The van der Waals surface area contributed by atoms with E-state index < -0.39 is 6.10 Å². The van der Waals surface area contributed by atoms with E-state index in [0.29, 0.717) is 19.3 Å². The molecule has 0 rings (SSSR count). The maximum Gasteiger partial charge on any atom is 0.306 e. The Morgan fingerprint density at radius 1 is 0.241 bits per heavy atom. The predicted molar refractivity (Wildman–Crippen MR) is 344 cm³/mol. The van der Waals surface area contributed by atoms with Crippen LogP contribution in [0.15, 0.2) is 12.2 Å². The van der Waals surface area contributed by atoms with Gasteiger partial charge in [0.15, 0.2) is 6.10 Å². The summed E-state index contributed by atoms with van der Waals surface area (Å²) in [4.78, 5) is 38.3. The van der Waals surface area contributed by atoms with Crippen LogP contribution in [0.2, 0.25) is 0 Å². The minimum atomic E-state index is -0.769. The summed E-state index contributed by atoms with van der Waals surface area (Å²) in [6.45, 7) is 6.66. The van der Waals surface area contributed by atoms with E-state index in [0.717, 1.165) is 70.6 Å². The Morgan fingerprint density at radius 2 is 0.443 bits per heavy atom. The molecular weight excluding hydrogens is 973 g/mol. The molecule has 0 saturated heterocycles. The lowest BCUT2D eigenvalue weighted by molar-refractivity contribution is -0.167. The summed E-state index contributed by atoms with van der Waals surface area (Å²) in [6, 6.07) is 0. The van der Waals surface area contributed by atoms with Gasteiger partial charge < -0.3 is 14.2 Å². The summed E-state index contributed by atoms with van der Waals surface area (Å²) in [6.07, 6.45) is 82.7. The maximum absolute atomic E-state index is 12.9. The van der Waals surface area contributed by atoms with Gasteiger partial charge in [-0.1, -0.05) is 373 Å². The van der Waals surface area contributed by atoms with Crippen molar-refractivity contribution >= 4 is 17.9 Å². The molecule has 6 nitrogen and oxygen atoms in total. The van der Waals surface area contributed by atoms with Gasteiger partial charge in [-0.2, -0.15) is 0 Å². The lowest BCUT2D eigenvalue weighted by Crippen LogP contribution is -2.30. The molecule has 0 aliphatic rings. The van der Waals surface area contributed by atoms with Crippen LogP contribution in [0.1, 0.15) is 419 Å². The highest BCUT2D eigenvalue weighted by Gasteiger charge is 2.19. The zero-order valence-corrected chi connectivity index (χ0v) is 53.9. The molecular formula is C73H140O6. The third-order valence-electron chi connectivity index (χ3n) is 16.8. The molecule has 0 heterocycles. The van der Waals surface area contributed by atoms with Crippen LogP contribution in [0.5, 0.6) is 0 Å². The molecule has 0 aromatic heterocycles. The third kappa shape index (κ3) is 66.8. The van der Waals surface area contributed by atoms with E-state index in [1.807, 2.05) is 0 Å². The number of allylic oxidation sites excluding steroid dienone is 2. The van der Waals surface area contributed by atoms with Gasteiger partial charge in [-0.15, -0.1) is 0 Å². The van der Waals surface area contributed by atoms with Crippen molar-refractivity contribution < 1.29 is 28.6 Å². The Hall–Kier alpha value is -1.85. The van der Waals surface area contributed by atoms with E-state index in [2.05, 4.69) is 32.9 Å². The molecule has 0 aliphatic heterocycles. The quantitative estimate of drug-likeness (QED) is 0.0261. The van der Waals surface area contributed by atoms with Crippen molar-refractivity contribution in [3.8, 4) is 0 Å². The third-order valence-corrected chi connectivity index (χ3v) is 16.8. The number of carbonyl (C=O) groups excluding carboxylic acids is 3. The van der Waals surface area contributed by atoms with Crippen LogP contribution in [-0.4, -0.2) is 37.2 Å². The number of hydrogen-bond acceptors (Lipinski definition) is 6. The fourth-order valence-electron chi connectivity index (χ4n) is 11.3. The monoisotopic (exact) mass is 1110 g/mol. The van der Waals surface area contributed by atoms with E-state index in [1.54, 1.807) is 0 Å². The van der Waals surface area contributed by atoms with Gasteiger partial charge in [0.05, 0.1) is 0 Å². The first-order valence-corrected chi connectivity index (χ1v) is 36.2. The van der Waals surface area contributed by atoms with Crippen LogP contribution in [0.25, 0.3) is 0 Å². The molecule has 79 heavy (non-hydrogen) atoms. The van der Waals surface area contributed by atoms with Crippen molar-refractivity contribution in [2.75, 3.05) is 13.2 Å². The van der Waals surface area contributed by atoms with Crippen molar-refractivity contribution in [3.05, 3.63) is 12.2 Å². The highest BCUT2D eigenvalue weighted by atomic mass is 16.6. The normalized spacial score (nSPS) is 12.0. The first-order chi connectivity index (χ1) is 39.0. The predicted octanol–water partition coefficient (Wildman–Crippen LogP) is 24.8. The first-order valence-electron chi connectivity index (χ1n) is 36.2. The van der Waals surface area contributed by atoms with Gasteiger partial charge in [0.2, 0.25) is 0 Å². The molecule has 468 valence electrons. The zero-order valence-electron chi connectivity index (χ0n) is 53.9. The Bertz CT molecular complexity index is 1230. The summed E-state index contributed by atoms with van der Waals surface area (Å²) in [5.74, 6) is -0.843. The van der Waals surface area contributed by atoms with Crippen molar-refractivity contribution in [3.63, 3.8) is 0 Å². The van der Waals surface area contributed by atoms with Crippen LogP contribution in [-0.2, 0) is 28.6 Å². The molecule has 0 fully saturated rings. The first kappa shape index (κ1) is 77.2. The smallest absolute Gasteiger partial charge is 0.306 e. The largest absolute Gasteiger partial charge is 0.462 e. The molecule has 0 radical (unpaired) electrons. The van der Waals surface area contributed by atoms with Gasteiger partial charge in [-0.3, -0.25) is 14.4 Å². The van der Waals surface area contributed by atoms with Crippen LogP contribution >= 0.6 is 0 Å². The minimum Gasteiger partial charge on any atom is -0.462 e. The lowest BCUT2D eigenvalue weighted by atomic mass is 10.0. The molecule has 0 aliphatic carbocycles. The van der Waals surface area contributed by atoms with E-state index in [4.69, 9.17) is 14.2 Å². The zero-order chi connectivity index (χ0) is 57.1. The SMILES string of the molecule is CCC/C=C\CCCCCCCC(=O)OCC(COC(=O)CCCCCCCCCCCCCCCCCCCCCCCCCCCC)OC(=O)CCCCCCCCCCCCCCCCCCCCCCCCCCC. The molecule has 1 atom stereocenters. The van der Waals surface area contributed by atoms with E-state index >= 15 is 0 Å². The van der Waals surface area contributed by atoms with Gasteiger partial charge in [0.1, 0.15) is 13.2 Å². The Balaban J connectivity index is 4.10. The van der Waals surface area contributed by atoms with Gasteiger partial charge in [0, 0.05) is 19.3 Å². The molecule has 0 spiro atoms. The van der Waals surface area contributed by atoms with Crippen LogP contribution in [0, 0.1) is 0 Å². The molecule has 0 aromatic rings. The number of rotatable bonds is 68. The minimum absolute atomic E-state index is 0.0660. The van der Waals surface area contributed by atoms with Crippen LogP contribution in [0.4, 0.5) is 0 Å². The van der Waals surface area contributed by atoms with E-state index in [1.165, 1.54) is 308 Å². The van der Waals surface area contributed by atoms with Gasteiger partial charge in [-0.25, -0.2) is 0 Å². The van der Waals surface area contributed by atoms with E-state index in [-0.39, 0.29) is 31.1 Å². The number of hydrogen-bond donors (Lipinski definition) is 0. The number of esters is 3. The summed E-state index contributed by atoms with van der Waals surface area (Å²) >= 11 is 0. The fraction of sp³-hybridized carbons (Fsp3) is 0.932. The molecule has 0 amide bonds. The van der Waals surface area contributed by atoms with Gasteiger partial charge >= 0.3 is 17.9 Å². The highest BCUT2D eigenvalue weighted by Crippen LogP contribution is 2.20. The summed E-state index contributed by atoms with van der Waals surface area (Å²) in [5.41, 5.74) is 0. The molecule has 6 heteroatoms. The molecule has 0 bridgehead atoms. The lowest BCUT2D eigenvalue weighted by Gasteiger charge is -2.18. The van der Waals surface area contributed by atoms with Gasteiger partial charge in [0.25, 0.3) is 0 Å². The average molecular weight is 1110 g/mol. The van der Waals surface area contributed by atoms with Crippen LogP contribution < -0.4 is 0 Å². The second-order valence-corrected chi connectivity index (χ2v) is 24.9. The van der Waals surface area contributed by atoms with Crippen LogP contribution in [0.3, 0.4) is 0 Å². The number of ether oxygens (including phenoxy) is 3. The standard InChI is InChI=1S/C73H140O6/c1-4-7-10-13-16-19-22-24-26-28-30-32-34-36-38-39-41-43-45-47-49-51-54-57-60-63-66-72(75)78-69-70(68-77-71(74)65-62-59-56-53-21-18-15-12-9-6-3)79-73(76)67-64-61-58-55-52-50-48-46-44-42-40-37-35-33-31-29-27-25-23-20-17-14-11-8-5-2/h12,15,70H,4-11,13-14,16-69H2,1-3H3/b15-12-. The topological polar surface area (TPSA) is 78.9 Å². The fourth-order valence-corrected chi connectivity index (χ4v) is 11.3. The molecule has 0 aromatic carbocycles. The number of unbranched alkanes of at least 4 members (excludes halogenated alkanes) is 55. The van der Waals surface area contributed by atoms with Crippen molar-refractivity contribution in [1.29, 1.82) is 0 Å². The molecule has 0 saturated carbocycles. The summed E-state index contributed by atoms with van der Waals surface area (Å²) in [5, 5.41) is 0. The molecule has 0 N–H and O–H groups in total. The van der Waals surface area contributed by atoms with Crippen molar-refractivity contribution in [1.82, 2.24) is 0 Å².